The average Bonchev–Trinajstić information content (AvgIpc) is 3.28. The predicted octanol–water partition coefficient (Wildman–Crippen LogP) is 5.77. The van der Waals surface area contributed by atoms with Gasteiger partial charge >= 0.3 is 0 Å². The Morgan fingerprint density at radius 2 is 1.66 bits per heavy atom. The zero-order chi connectivity index (χ0) is 24.2. The lowest BCUT2D eigenvalue weighted by atomic mass is 10.1. The van der Waals surface area contributed by atoms with Gasteiger partial charge in [0, 0.05) is 46.4 Å². The molecule has 0 unspecified atom stereocenters. The fourth-order valence-corrected chi connectivity index (χ4v) is 4.19. The molecule has 0 saturated carbocycles. The van der Waals surface area contributed by atoms with E-state index in [9.17, 15) is 4.79 Å². The molecule has 1 heterocycles. The number of nitrogens with zero attached hydrogens (tertiary/aromatic N) is 2. The topological polar surface area (TPSA) is 85.0 Å². The van der Waals surface area contributed by atoms with Crippen LogP contribution in [-0.4, -0.2) is 28.8 Å². The third kappa shape index (κ3) is 4.98. The van der Waals surface area contributed by atoms with Crippen molar-refractivity contribution in [3.63, 3.8) is 0 Å². The van der Waals surface area contributed by atoms with Crippen molar-refractivity contribution in [2.45, 2.75) is 0 Å². The summed E-state index contributed by atoms with van der Waals surface area (Å²) in [7, 11) is 0. The maximum absolute atomic E-state index is 12.6. The van der Waals surface area contributed by atoms with E-state index in [1.54, 1.807) is 22.9 Å². The summed E-state index contributed by atoms with van der Waals surface area (Å²) in [6, 6.07) is 30.8. The Kier molecular flexibility index (Phi) is 6.37. The zero-order valence-electron chi connectivity index (χ0n) is 18.9. The fraction of sp³-hybridized carbons (Fsp3) is 0.0714. The Balaban J connectivity index is 1.20. The lowest BCUT2D eigenvalue weighted by molar-refractivity contribution is 0.0955. The molecule has 0 aliphatic carbocycles. The Hall–Kier alpha value is -4.29. The summed E-state index contributed by atoms with van der Waals surface area (Å²) >= 11 is 6.10. The molecule has 1 aromatic heterocycles. The van der Waals surface area contributed by atoms with Crippen LogP contribution in [0, 0.1) is 0 Å². The number of halogens is 1. The third-order valence-electron chi connectivity index (χ3n) is 5.75. The largest absolute Gasteiger partial charge is 0.384 e. The van der Waals surface area contributed by atoms with Crippen LogP contribution in [0.1, 0.15) is 10.4 Å². The molecule has 1 amide bonds. The van der Waals surface area contributed by atoms with Crippen LogP contribution in [0.3, 0.4) is 0 Å². The smallest absolute Gasteiger partial charge is 0.251 e. The molecule has 0 atom stereocenters. The van der Waals surface area contributed by atoms with E-state index < -0.39 is 0 Å². The highest BCUT2D eigenvalue weighted by molar-refractivity contribution is 6.30. The second kappa shape index (κ2) is 9.91. The summed E-state index contributed by atoms with van der Waals surface area (Å²) in [5.41, 5.74) is 10.2. The van der Waals surface area contributed by atoms with Gasteiger partial charge in [0.1, 0.15) is 5.82 Å². The molecule has 4 aromatic carbocycles. The van der Waals surface area contributed by atoms with E-state index >= 15 is 0 Å². The molecule has 0 aliphatic heterocycles. The maximum atomic E-state index is 12.6. The van der Waals surface area contributed by atoms with Crippen molar-refractivity contribution in [2.75, 3.05) is 24.1 Å². The number of nitrogen functional groups attached to an aromatic ring is 1. The highest BCUT2D eigenvalue weighted by Gasteiger charge is 2.11. The van der Waals surface area contributed by atoms with Crippen molar-refractivity contribution in [1.82, 2.24) is 15.1 Å². The van der Waals surface area contributed by atoms with E-state index in [1.165, 1.54) is 5.39 Å². The van der Waals surface area contributed by atoms with Gasteiger partial charge in [-0.1, -0.05) is 60.1 Å². The molecule has 6 nitrogen and oxygen atoms in total. The van der Waals surface area contributed by atoms with E-state index in [2.05, 4.69) is 33.9 Å². The van der Waals surface area contributed by atoms with Crippen molar-refractivity contribution in [2.24, 2.45) is 0 Å². The summed E-state index contributed by atoms with van der Waals surface area (Å²) in [4.78, 5) is 12.6. The Labute approximate surface area is 208 Å². The van der Waals surface area contributed by atoms with Gasteiger partial charge in [-0.05, 0) is 47.9 Å². The number of fused-ring (bicyclic) bond motifs is 1. The van der Waals surface area contributed by atoms with E-state index in [4.69, 9.17) is 17.3 Å². The number of hydrogen-bond donors (Lipinski definition) is 3. The van der Waals surface area contributed by atoms with Crippen LogP contribution in [0.5, 0.6) is 0 Å². The highest BCUT2D eigenvalue weighted by Crippen LogP contribution is 2.25. The second-order valence-electron chi connectivity index (χ2n) is 8.13. The molecule has 7 heteroatoms. The molecular formula is C28H24ClN5O. The molecule has 0 radical (unpaired) electrons. The van der Waals surface area contributed by atoms with Crippen LogP contribution in [-0.2, 0) is 0 Å². The normalized spacial score (nSPS) is 10.9. The SMILES string of the molecule is Nc1cc(-c2cccc(Cl)c2)nn1-c1ccc(C(=O)NCCNc2cccc3ccccc23)cc1. The number of anilines is 2. The number of aromatic nitrogens is 2. The van der Waals surface area contributed by atoms with Gasteiger partial charge in [0.2, 0.25) is 0 Å². The van der Waals surface area contributed by atoms with Gasteiger partial charge in [-0.2, -0.15) is 5.10 Å². The molecule has 5 aromatic rings. The van der Waals surface area contributed by atoms with Crippen LogP contribution in [0.2, 0.25) is 5.02 Å². The summed E-state index contributed by atoms with van der Waals surface area (Å²) in [5.74, 6) is 0.362. The van der Waals surface area contributed by atoms with Gasteiger partial charge in [-0.3, -0.25) is 4.79 Å². The summed E-state index contributed by atoms with van der Waals surface area (Å²) in [6.45, 7) is 1.12. The minimum atomic E-state index is -0.135. The van der Waals surface area contributed by atoms with Crippen LogP contribution in [0.25, 0.3) is 27.7 Å². The van der Waals surface area contributed by atoms with E-state index in [-0.39, 0.29) is 5.91 Å². The molecule has 0 fully saturated rings. The number of carbonyl (C=O) groups is 1. The number of rotatable bonds is 7. The fourth-order valence-electron chi connectivity index (χ4n) is 4.00. The first-order chi connectivity index (χ1) is 17.1. The summed E-state index contributed by atoms with van der Waals surface area (Å²) < 4.78 is 1.64. The molecule has 4 N–H and O–H groups in total. The number of amides is 1. The van der Waals surface area contributed by atoms with Gasteiger partial charge < -0.3 is 16.4 Å². The predicted molar refractivity (Wildman–Crippen MR) is 143 cm³/mol. The molecule has 0 saturated heterocycles. The Morgan fingerprint density at radius 1 is 0.886 bits per heavy atom. The quantitative estimate of drug-likeness (QED) is 0.258. The standard InChI is InChI=1S/C28H24ClN5O/c29-22-8-3-7-21(17-22)26-18-27(30)34(33-26)23-13-11-20(12-14-23)28(35)32-16-15-31-25-10-4-6-19-5-1-2-9-24(19)25/h1-14,17-18,31H,15-16,30H2,(H,32,35). The van der Waals surface area contributed by atoms with E-state index in [0.29, 0.717) is 29.5 Å². The molecule has 0 bridgehead atoms. The van der Waals surface area contributed by atoms with Gasteiger partial charge in [-0.25, -0.2) is 4.68 Å². The first kappa shape index (κ1) is 22.5. The van der Waals surface area contributed by atoms with Crippen molar-refractivity contribution in [3.8, 4) is 16.9 Å². The van der Waals surface area contributed by atoms with E-state index in [0.717, 1.165) is 28.0 Å². The zero-order valence-corrected chi connectivity index (χ0v) is 19.7. The second-order valence-corrected chi connectivity index (χ2v) is 8.57. The lowest BCUT2D eigenvalue weighted by Gasteiger charge is -2.11. The monoisotopic (exact) mass is 481 g/mol. The van der Waals surface area contributed by atoms with Crippen molar-refractivity contribution < 1.29 is 4.79 Å². The number of benzene rings is 4. The lowest BCUT2D eigenvalue weighted by Crippen LogP contribution is -2.28. The summed E-state index contributed by atoms with van der Waals surface area (Å²) in [6.07, 6.45) is 0. The number of carbonyl (C=O) groups excluding carboxylic acids is 1. The first-order valence-electron chi connectivity index (χ1n) is 11.3. The van der Waals surface area contributed by atoms with Crippen LogP contribution in [0.4, 0.5) is 11.5 Å². The Bertz CT molecular complexity index is 1490. The van der Waals surface area contributed by atoms with Gasteiger partial charge in [0.25, 0.3) is 5.91 Å². The maximum Gasteiger partial charge on any atom is 0.251 e. The minimum Gasteiger partial charge on any atom is -0.384 e. The minimum absolute atomic E-state index is 0.135. The van der Waals surface area contributed by atoms with Crippen molar-refractivity contribution in [3.05, 3.63) is 108 Å². The molecule has 5 rings (SSSR count). The van der Waals surface area contributed by atoms with Crippen LogP contribution >= 0.6 is 11.6 Å². The number of hydrogen-bond acceptors (Lipinski definition) is 4. The van der Waals surface area contributed by atoms with Crippen LogP contribution < -0.4 is 16.4 Å². The molecular weight excluding hydrogens is 458 g/mol. The molecule has 174 valence electrons. The molecule has 0 spiro atoms. The van der Waals surface area contributed by atoms with Crippen LogP contribution in [0.15, 0.2) is 97.1 Å². The van der Waals surface area contributed by atoms with Gasteiger partial charge in [-0.15, -0.1) is 0 Å². The Morgan fingerprint density at radius 3 is 2.49 bits per heavy atom. The van der Waals surface area contributed by atoms with Crippen molar-refractivity contribution >= 4 is 39.8 Å². The number of nitrogens with one attached hydrogen (secondary N) is 2. The molecule has 0 aliphatic rings. The average molecular weight is 482 g/mol. The first-order valence-corrected chi connectivity index (χ1v) is 11.7. The van der Waals surface area contributed by atoms with Gasteiger partial charge in [0.05, 0.1) is 11.4 Å². The van der Waals surface area contributed by atoms with E-state index in [1.807, 2.05) is 60.7 Å². The van der Waals surface area contributed by atoms with Crippen molar-refractivity contribution in [1.29, 1.82) is 0 Å². The third-order valence-corrected chi connectivity index (χ3v) is 5.98. The highest BCUT2D eigenvalue weighted by atomic mass is 35.5. The summed E-state index contributed by atoms with van der Waals surface area (Å²) in [5, 5.41) is 13.9. The molecule has 35 heavy (non-hydrogen) atoms. The van der Waals surface area contributed by atoms with Gasteiger partial charge in [0.15, 0.2) is 0 Å². The number of nitrogens with two attached hydrogens (primary N) is 1.